The fourth-order valence-electron chi connectivity index (χ4n) is 20.3. The molecule has 0 fully saturated rings. The van der Waals surface area contributed by atoms with Gasteiger partial charge in [0.05, 0.1) is 45.5 Å². The van der Waals surface area contributed by atoms with Crippen LogP contribution < -0.4 is 19.6 Å². The van der Waals surface area contributed by atoms with Gasteiger partial charge in [0.1, 0.15) is 81.4 Å². The molecule has 0 saturated carbocycles. The molecule has 18 heteroatoms. The summed E-state index contributed by atoms with van der Waals surface area (Å²) < 4.78 is 222. The van der Waals surface area contributed by atoms with E-state index in [2.05, 4.69) is 0 Å². The average Bonchev–Trinajstić information content (AvgIpc) is 0.718. The van der Waals surface area contributed by atoms with E-state index < -0.39 is 81.4 Å². The van der Waals surface area contributed by atoms with Crippen molar-refractivity contribution in [3.63, 3.8) is 0 Å². The highest BCUT2D eigenvalue weighted by Gasteiger charge is 2.32. The molecule has 0 aliphatic heterocycles. The molecule has 0 spiro atoms. The molecule has 0 aromatic heterocycles. The van der Waals surface area contributed by atoms with Crippen LogP contribution in [0.25, 0.3) is 154 Å². The van der Waals surface area contributed by atoms with Crippen LogP contribution >= 0.6 is 0 Å². The molecule has 0 aliphatic carbocycles. The van der Waals surface area contributed by atoms with Gasteiger partial charge in [-0.3, -0.25) is 0 Å². The van der Waals surface area contributed by atoms with Gasteiger partial charge in [0.2, 0.25) is 0 Å². The summed E-state index contributed by atoms with van der Waals surface area (Å²) in [4.78, 5) is 6.74. The Balaban J connectivity index is 0.000000161. The fraction of sp³-hybridized carbons (Fsp3) is 0. The van der Waals surface area contributed by atoms with Crippen LogP contribution in [0.15, 0.2) is 449 Å². The molecule has 0 bridgehead atoms. The van der Waals surface area contributed by atoms with Crippen molar-refractivity contribution < 1.29 is 61.5 Å². The summed E-state index contributed by atoms with van der Waals surface area (Å²) in [6.07, 6.45) is 0. The Kier molecular flexibility index (Phi) is 23.7. The minimum Gasteiger partial charge on any atom is -0.307 e. The first kappa shape index (κ1) is 91.4. The lowest BCUT2D eigenvalue weighted by atomic mass is 9.91. The summed E-state index contributed by atoms with van der Waals surface area (Å²) in [6.45, 7) is 0. The van der Waals surface area contributed by atoms with Gasteiger partial charge in [0.15, 0.2) is 0 Å². The zero-order chi connectivity index (χ0) is 99.8. The lowest BCUT2D eigenvalue weighted by Crippen LogP contribution is -2.14. The van der Waals surface area contributed by atoms with E-state index in [1.54, 1.807) is 287 Å². The van der Waals surface area contributed by atoms with Gasteiger partial charge in [-0.2, -0.15) is 0 Å². The third-order valence-corrected chi connectivity index (χ3v) is 26.9. The third kappa shape index (κ3) is 16.7. The highest BCUT2D eigenvalue weighted by atomic mass is 19.2. The van der Waals surface area contributed by atoms with Gasteiger partial charge in [-0.05, 0) is 282 Å². The Morgan fingerprint density at radius 3 is 0.473 bits per heavy atom. The number of hydrogen-bond acceptors (Lipinski definition) is 4. The zero-order valence-electron chi connectivity index (χ0n) is 76.8. The summed E-state index contributed by atoms with van der Waals surface area (Å²) in [7, 11) is 0. The second kappa shape index (κ2) is 37.9. The molecule has 704 valence electrons. The number of anilines is 12. The number of benzene rings is 24. The van der Waals surface area contributed by atoms with E-state index in [1.807, 2.05) is 84.9 Å². The SMILES string of the molecule is Fc1ccc(N(c2cc(-c3ccccc3F)cc(-c3ccccc3F)c2)c2ccc3ccc4c(N(c5cc(-c6ccccc6F)cc(-c6ccccc6F)c5)c5ccc(F)cc5F)ccc5ccc2c3c54)c(F)c1.Fc1ccccc1-c1cc(-c2ccccc2F)cc(N(c2ccccc2F)c2ccc3ccc4c(N(c5cc(-c6ccccc6F)cc(-c6ccccc6F)c5)c5ccccc5F)ccc5ccc2c3c54)c1. The smallest absolute Gasteiger partial charge is 0.150 e. The van der Waals surface area contributed by atoms with Gasteiger partial charge in [-0.1, -0.05) is 243 Å². The van der Waals surface area contributed by atoms with Crippen LogP contribution in [0, 0.1) is 81.4 Å². The number of halogens is 14. The van der Waals surface area contributed by atoms with Gasteiger partial charge in [-0.15, -0.1) is 0 Å². The molecule has 0 radical (unpaired) electrons. The maximum absolute atomic E-state index is 16.6. The van der Waals surface area contributed by atoms with Gasteiger partial charge in [-0.25, -0.2) is 61.5 Å². The highest BCUT2D eigenvalue weighted by molar-refractivity contribution is 6.30. The van der Waals surface area contributed by atoms with E-state index in [0.29, 0.717) is 112 Å². The zero-order valence-corrected chi connectivity index (χ0v) is 76.8. The Morgan fingerprint density at radius 2 is 0.288 bits per heavy atom. The molecule has 24 rings (SSSR count). The monoisotopic (exact) mass is 1930 g/mol. The van der Waals surface area contributed by atoms with Crippen LogP contribution in [0.4, 0.5) is 130 Å². The maximum Gasteiger partial charge on any atom is 0.150 e. The molecule has 146 heavy (non-hydrogen) atoms. The van der Waals surface area contributed by atoms with Gasteiger partial charge in [0, 0.05) is 101 Å². The lowest BCUT2D eigenvalue weighted by Gasteiger charge is -2.30. The van der Waals surface area contributed by atoms with Crippen molar-refractivity contribution in [3.05, 3.63) is 530 Å². The Labute approximate surface area is 828 Å². The topological polar surface area (TPSA) is 13.0 Å². The molecule has 0 saturated heterocycles. The standard InChI is InChI=1S/C64H36F8N2.C64H38F6N2/c65-43-21-27-61(57(71)35-43)73(45-31-39(47-9-1-5-13-53(47)67)29-40(32-45)48-10-2-6-14-54(48)68)59-25-19-37-18-24-52-60(26-20-38-17-23-51(59)63(37)64(38)52)74(62-28-22-44(66)36-58(62)72)46-33-41(49-11-3-7-15-55(49)69)30-42(34-46)50-12-4-8-16-56(50)70;65-53-17-5-1-13-47(53)41-33-42(48-14-2-6-18-54(48)66)36-45(35-41)71(61-23-11-9-21-57(61)69)59-31-27-39-26-30-52-60(32-28-40-25-29-51(59)63(39)64(40)52)72(62-24-12-10-22-58(62)70)46-37-43(49-15-3-7-19-55(49)67)34-44(38-46)50-16-4-8-20-56(50)68/h1-36H;1-38H. The maximum atomic E-state index is 16.6. The van der Waals surface area contributed by atoms with Crippen LogP contribution in [0.2, 0.25) is 0 Å². The van der Waals surface area contributed by atoms with Gasteiger partial charge in [0.25, 0.3) is 0 Å². The Morgan fingerprint density at radius 1 is 0.123 bits per heavy atom. The first-order chi connectivity index (χ1) is 71.2. The number of hydrogen-bond donors (Lipinski definition) is 0. The first-order valence-corrected chi connectivity index (χ1v) is 46.8. The third-order valence-electron chi connectivity index (χ3n) is 26.9. The van der Waals surface area contributed by atoms with Crippen molar-refractivity contribution in [1.82, 2.24) is 0 Å². The van der Waals surface area contributed by atoms with Crippen molar-refractivity contribution in [2.24, 2.45) is 0 Å². The van der Waals surface area contributed by atoms with Crippen LogP contribution in [-0.2, 0) is 0 Å². The van der Waals surface area contributed by atoms with E-state index in [-0.39, 0.29) is 67.3 Å². The highest BCUT2D eigenvalue weighted by Crippen LogP contribution is 2.55. The van der Waals surface area contributed by atoms with Crippen molar-refractivity contribution in [2.45, 2.75) is 0 Å². The van der Waals surface area contributed by atoms with E-state index in [9.17, 15) is 8.78 Å². The van der Waals surface area contributed by atoms with Crippen molar-refractivity contribution in [3.8, 4) is 89.0 Å². The molecule has 24 aromatic carbocycles. The lowest BCUT2D eigenvalue weighted by molar-refractivity contribution is 0.583. The first-order valence-electron chi connectivity index (χ1n) is 46.8. The van der Waals surface area contributed by atoms with Crippen LogP contribution in [0.5, 0.6) is 0 Å². The van der Waals surface area contributed by atoms with Crippen LogP contribution in [0.1, 0.15) is 0 Å². The van der Waals surface area contributed by atoms with Crippen LogP contribution in [0.3, 0.4) is 0 Å². The normalized spacial score (nSPS) is 11.5. The summed E-state index contributed by atoms with van der Waals surface area (Å²) >= 11 is 0. The second-order valence-electron chi connectivity index (χ2n) is 35.5. The molecule has 4 nitrogen and oxygen atoms in total. The number of rotatable bonds is 20. The van der Waals surface area contributed by atoms with Gasteiger partial charge < -0.3 is 19.6 Å². The Bertz CT molecular complexity index is 8500. The molecule has 0 amide bonds. The van der Waals surface area contributed by atoms with Crippen molar-refractivity contribution >= 4 is 133 Å². The number of para-hydroxylation sites is 2. The van der Waals surface area contributed by atoms with Crippen molar-refractivity contribution in [1.29, 1.82) is 0 Å². The van der Waals surface area contributed by atoms with E-state index in [0.717, 1.165) is 67.4 Å². The Hall–Kier alpha value is -18.4. The predicted molar refractivity (Wildman–Crippen MR) is 562 cm³/mol. The predicted octanol–water partition coefficient (Wildman–Crippen LogP) is 38.3. The van der Waals surface area contributed by atoms with Crippen LogP contribution in [-0.4, -0.2) is 0 Å². The molecule has 0 unspecified atom stereocenters. The largest absolute Gasteiger partial charge is 0.307 e. The van der Waals surface area contributed by atoms with E-state index in [4.69, 9.17) is 0 Å². The second-order valence-corrected chi connectivity index (χ2v) is 35.5. The minimum atomic E-state index is -0.911. The molecule has 0 N–H and O–H groups in total. The average molecular weight is 1930 g/mol. The molecule has 0 heterocycles. The van der Waals surface area contributed by atoms with E-state index >= 15 is 52.7 Å². The number of nitrogens with zero attached hydrogens (tertiary/aromatic N) is 4. The molecular formula is C128H74F14N4. The minimum absolute atomic E-state index is 0.0642. The molecule has 0 atom stereocenters. The summed E-state index contributed by atoms with van der Waals surface area (Å²) in [5, 5.41) is 8.93. The summed E-state index contributed by atoms with van der Waals surface area (Å²) in [6, 6.07) is 120. The quantitative estimate of drug-likeness (QED) is 0.0557. The van der Waals surface area contributed by atoms with Gasteiger partial charge >= 0.3 is 0 Å². The molecule has 24 aromatic rings. The summed E-state index contributed by atoms with van der Waals surface area (Å²) in [5.74, 6) is -8.58. The molecule has 0 aliphatic rings. The molecular weight excluding hydrogens is 1860 g/mol. The van der Waals surface area contributed by atoms with Crippen molar-refractivity contribution in [2.75, 3.05) is 19.6 Å². The summed E-state index contributed by atoms with van der Waals surface area (Å²) in [5.41, 5.74) is 8.97. The van der Waals surface area contributed by atoms with E-state index in [1.165, 1.54) is 72.8 Å². The fourth-order valence-corrected chi connectivity index (χ4v) is 20.3.